The number of carbonyl (C=O) groups is 1. The first kappa shape index (κ1) is 21.0. The first-order chi connectivity index (χ1) is 13.1. The zero-order valence-corrected chi connectivity index (χ0v) is 18.3. The Morgan fingerprint density at radius 1 is 1.00 bits per heavy atom. The molecule has 0 bridgehead atoms. The predicted molar refractivity (Wildman–Crippen MR) is 112 cm³/mol. The Kier molecular flexibility index (Phi) is 5.37. The van der Waals surface area contributed by atoms with Gasteiger partial charge in [-0.3, -0.25) is 4.79 Å². The van der Waals surface area contributed by atoms with Crippen LogP contribution in [0.3, 0.4) is 0 Å². The molecule has 1 unspecified atom stereocenters. The summed E-state index contributed by atoms with van der Waals surface area (Å²) in [5, 5.41) is 30.3. The molecule has 0 spiro atoms. The number of thiol groups is 1. The predicted octanol–water partition coefficient (Wildman–Crippen LogP) is 4.28. The first-order valence-corrected chi connectivity index (χ1v) is 11.9. The van der Waals surface area contributed by atoms with Gasteiger partial charge in [0.1, 0.15) is 0 Å². The van der Waals surface area contributed by atoms with Crippen molar-refractivity contribution < 1.29 is 20.1 Å². The molecular weight excluding hydrogens is 372 g/mol. The normalized spacial score (nSPS) is 53.2. The van der Waals surface area contributed by atoms with Crippen LogP contribution in [-0.4, -0.2) is 38.2 Å². The molecule has 0 aliphatic heterocycles. The van der Waals surface area contributed by atoms with Crippen molar-refractivity contribution in [3.63, 3.8) is 0 Å². The Hall–Kier alpha value is -0.260. The van der Waals surface area contributed by atoms with Gasteiger partial charge in [0.25, 0.3) is 0 Å². The summed E-state index contributed by atoms with van der Waals surface area (Å²) in [6.45, 7) is 4.79. The Bertz CT molecular complexity index is 626. The van der Waals surface area contributed by atoms with Crippen molar-refractivity contribution in [1.29, 1.82) is 0 Å². The summed E-state index contributed by atoms with van der Waals surface area (Å²) < 4.78 is -0.0798. The number of carboxylic acids is 1. The fourth-order valence-electron chi connectivity index (χ4n) is 8.33. The summed E-state index contributed by atoms with van der Waals surface area (Å²) in [7, 11) is 0. The molecule has 0 saturated heterocycles. The number of aliphatic hydroxyl groups is 2. The molecule has 0 radical (unpaired) electrons. The maximum absolute atomic E-state index is 11.1. The average molecular weight is 411 g/mol. The van der Waals surface area contributed by atoms with E-state index in [-0.39, 0.29) is 40.1 Å². The molecule has 4 fully saturated rings. The number of carboxylic acid groups (broad SMARTS) is 1. The maximum atomic E-state index is 11.1. The fourth-order valence-corrected chi connectivity index (χ4v) is 8.90. The number of hydrogen-bond donors (Lipinski definition) is 4. The van der Waals surface area contributed by atoms with Crippen molar-refractivity contribution in [1.82, 2.24) is 0 Å². The molecule has 4 aliphatic rings. The standard InChI is InChI=1S/C23H38O4S/c1-21-9-5-14(24)12-18(21)19(25)13-15-16(21)6-10-22(2)17(15)7-11-23(22,28)8-3-4-20(26)27/h14-19,24-25,28H,3-13H2,1-2H3,(H,26,27)/t14-,15-,16+,17?,18+,19+,21-,22+,23-/m1/s1. The Labute approximate surface area is 174 Å². The lowest BCUT2D eigenvalue weighted by Gasteiger charge is -2.63. The molecule has 3 N–H and O–H groups in total. The van der Waals surface area contributed by atoms with E-state index in [2.05, 4.69) is 13.8 Å². The third-order valence-corrected chi connectivity index (χ3v) is 10.9. The van der Waals surface area contributed by atoms with E-state index in [4.69, 9.17) is 17.7 Å². The van der Waals surface area contributed by atoms with Crippen LogP contribution in [0.4, 0.5) is 0 Å². The van der Waals surface area contributed by atoms with Gasteiger partial charge in [-0.15, -0.1) is 0 Å². The number of rotatable bonds is 4. The van der Waals surface area contributed by atoms with Gasteiger partial charge in [-0.25, -0.2) is 0 Å². The van der Waals surface area contributed by atoms with Gasteiger partial charge in [-0.2, -0.15) is 12.6 Å². The summed E-state index contributed by atoms with van der Waals surface area (Å²) >= 11 is 5.21. The van der Waals surface area contributed by atoms with Gasteiger partial charge < -0.3 is 15.3 Å². The zero-order valence-electron chi connectivity index (χ0n) is 17.4. The second-order valence-electron chi connectivity index (χ2n) is 11.0. The number of fused-ring (bicyclic) bond motifs is 5. The van der Waals surface area contributed by atoms with E-state index in [0.717, 1.165) is 51.4 Å². The highest BCUT2D eigenvalue weighted by atomic mass is 32.1. The minimum Gasteiger partial charge on any atom is -0.481 e. The summed E-state index contributed by atoms with van der Waals surface area (Å²) in [5.41, 5.74) is 0.279. The lowest BCUT2D eigenvalue weighted by molar-refractivity contribution is -0.169. The van der Waals surface area contributed by atoms with Crippen LogP contribution in [0.1, 0.15) is 84.5 Å². The Balaban J connectivity index is 1.56. The molecule has 28 heavy (non-hydrogen) atoms. The second kappa shape index (κ2) is 7.16. The third kappa shape index (κ3) is 3.06. The molecule has 0 aromatic rings. The van der Waals surface area contributed by atoms with E-state index >= 15 is 0 Å². The quantitative estimate of drug-likeness (QED) is 0.522. The molecule has 4 nitrogen and oxygen atoms in total. The van der Waals surface area contributed by atoms with Crippen LogP contribution in [-0.2, 0) is 4.79 Å². The highest BCUT2D eigenvalue weighted by Gasteiger charge is 2.64. The average Bonchev–Trinajstić information content (AvgIpc) is 2.88. The van der Waals surface area contributed by atoms with Crippen LogP contribution >= 0.6 is 12.6 Å². The second-order valence-corrected chi connectivity index (χ2v) is 11.9. The zero-order chi connectivity index (χ0) is 20.3. The summed E-state index contributed by atoms with van der Waals surface area (Å²) in [4.78, 5) is 11.0. The van der Waals surface area contributed by atoms with Gasteiger partial charge in [0, 0.05) is 11.2 Å². The minimum atomic E-state index is -0.714. The van der Waals surface area contributed by atoms with Crippen LogP contribution < -0.4 is 0 Å². The van der Waals surface area contributed by atoms with Crippen molar-refractivity contribution in [2.75, 3.05) is 0 Å². The highest BCUT2D eigenvalue weighted by molar-refractivity contribution is 7.81. The SMILES string of the molecule is C[C@]12CC[C@@H](O)C[C@H]1[C@@H](O)C[C@H]1C3CC[C@](S)(CCCC(=O)O)[C@@]3(C)CC[C@@H]12. The van der Waals surface area contributed by atoms with Gasteiger partial charge >= 0.3 is 5.97 Å². The molecule has 4 saturated carbocycles. The summed E-state index contributed by atoms with van der Waals surface area (Å²) in [6.07, 6.45) is 9.37. The van der Waals surface area contributed by atoms with Crippen molar-refractivity contribution in [3.05, 3.63) is 0 Å². The Morgan fingerprint density at radius 2 is 1.71 bits per heavy atom. The number of aliphatic hydroxyl groups excluding tert-OH is 2. The van der Waals surface area contributed by atoms with Crippen LogP contribution in [0.5, 0.6) is 0 Å². The molecule has 5 heteroatoms. The van der Waals surface area contributed by atoms with Crippen LogP contribution in [0.2, 0.25) is 0 Å². The van der Waals surface area contributed by atoms with Crippen LogP contribution in [0.25, 0.3) is 0 Å². The molecular formula is C23H38O4S. The minimum absolute atomic E-state index is 0.0798. The smallest absolute Gasteiger partial charge is 0.303 e. The van der Waals surface area contributed by atoms with Crippen molar-refractivity contribution >= 4 is 18.6 Å². The third-order valence-electron chi connectivity index (χ3n) is 9.95. The van der Waals surface area contributed by atoms with Crippen LogP contribution in [0, 0.1) is 34.5 Å². The van der Waals surface area contributed by atoms with Crippen molar-refractivity contribution in [3.8, 4) is 0 Å². The Morgan fingerprint density at radius 3 is 2.43 bits per heavy atom. The van der Waals surface area contributed by atoms with E-state index in [9.17, 15) is 15.0 Å². The maximum Gasteiger partial charge on any atom is 0.303 e. The van der Waals surface area contributed by atoms with E-state index in [1.165, 1.54) is 6.42 Å². The molecule has 0 aromatic carbocycles. The van der Waals surface area contributed by atoms with Crippen molar-refractivity contribution in [2.24, 2.45) is 34.5 Å². The van der Waals surface area contributed by atoms with Gasteiger partial charge in [-0.05, 0) is 98.7 Å². The largest absolute Gasteiger partial charge is 0.481 e. The van der Waals surface area contributed by atoms with E-state index in [0.29, 0.717) is 24.2 Å². The molecule has 0 aromatic heterocycles. The number of aliphatic carboxylic acids is 1. The van der Waals surface area contributed by atoms with Gasteiger partial charge in [0.05, 0.1) is 12.2 Å². The molecule has 4 aliphatic carbocycles. The van der Waals surface area contributed by atoms with E-state index in [1.54, 1.807) is 0 Å². The molecule has 4 rings (SSSR count). The highest BCUT2D eigenvalue weighted by Crippen LogP contribution is 2.70. The lowest BCUT2D eigenvalue weighted by atomic mass is 9.44. The number of hydrogen-bond acceptors (Lipinski definition) is 4. The van der Waals surface area contributed by atoms with E-state index in [1.807, 2.05) is 0 Å². The topological polar surface area (TPSA) is 77.8 Å². The first-order valence-electron chi connectivity index (χ1n) is 11.4. The monoisotopic (exact) mass is 410 g/mol. The molecule has 160 valence electrons. The van der Waals surface area contributed by atoms with Crippen molar-refractivity contribution in [2.45, 2.75) is 101 Å². The molecule has 0 heterocycles. The van der Waals surface area contributed by atoms with E-state index < -0.39 is 5.97 Å². The lowest BCUT2D eigenvalue weighted by Crippen LogP contribution is -2.59. The van der Waals surface area contributed by atoms with Gasteiger partial charge in [-0.1, -0.05) is 13.8 Å². The van der Waals surface area contributed by atoms with Crippen LogP contribution in [0.15, 0.2) is 0 Å². The van der Waals surface area contributed by atoms with Gasteiger partial charge in [0.2, 0.25) is 0 Å². The summed E-state index contributed by atoms with van der Waals surface area (Å²) in [6, 6.07) is 0. The summed E-state index contributed by atoms with van der Waals surface area (Å²) in [5.74, 6) is 1.28. The molecule has 9 atom stereocenters. The molecule has 0 amide bonds. The van der Waals surface area contributed by atoms with Gasteiger partial charge in [0.15, 0.2) is 0 Å². The fraction of sp³-hybridized carbons (Fsp3) is 0.957.